The van der Waals surface area contributed by atoms with Crippen LogP contribution < -0.4 is 11.5 Å². The fourth-order valence-electron chi connectivity index (χ4n) is 1.78. The number of hydrogen-bond donors (Lipinski definition) is 2. The number of nitrogens with zero attached hydrogens (tertiary/aromatic N) is 1. The summed E-state index contributed by atoms with van der Waals surface area (Å²) in [4.78, 5) is 3.97. The van der Waals surface area contributed by atoms with Crippen LogP contribution in [0.25, 0.3) is 0 Å². The third-order valence-corrected chi connectivity index (χ3v) is 3.05. The Labute approximate surface area is 110 Å². The SMILES string of the molecule is Nc1ccncc1C(N)Cc1cccc(Cl)c1F. The van der Waals surface area contributed by atoms with Gasteiger partial charge in [0.15, 0.2) is 0 Å². The molecule has 0 aliphatic carbocycles. The second-order valence-electron chi connectivity index (χ2n) is 4.03. The molecule has 2 aromatic rings. The van der Waals surface area contributed by atoms with E-state index in [1.165, 1.54) is 6.07 Å². The van der Waals surface area contributed by atoms with Crippen molar-refractivity contribution in [3.63, 3.8) is 0 Å². The van der Waals surface area contributed by atoms with Crippen molar-refractivity contribution in [2.75, 3.05) is 5.73 Å². The third kappa shape index (κ3) is 2.60. The standard InChI is InChI=1S/C13H13ClFN3/c14-10-3-1-2-8(13(10)15)6-12(17)9-7-18-5-4-11(9)16/h1-5,7,12H,6,17H2,(H2,16,18). The highest BCUT2D eigenvalue weighted by molar-refractivity contribution is 6.30. The van der Waals surface area contributed by atoms with Gasteiger partial charge in [-0.3, -0.25) is 4.98 Å². The molecule has 3 nitrogen and oxygen atoms in total. The molecule has 1 atom stereocenters. The molecule has 0 aliphatic heterocycles. The first-order valence-electron chi connectivity index (χ1n) is 5.47. The van der Waals surface area contributed by atoms with Gasteiger partial charge in [-0.1, -0.05) is 23.7 Å². The fourth-order valence-corrected chi connectivity index (χ4v) is 1.97. The number of rotatable bonds is 3. The molecule has 0 radical (unpaired) electrons. The van der Waals surface area contributed by atoms with Crippen LogP contribution in [0.3, 0.4) is 0 Å². The molecular weight excluding hydrogens is 253 g/mol. The summed E-state index contributed by atoms with van der Waals surface area (Å²) in [6, 6.07) is 6.12. The van der Waals surface area contributed by atoms with Crippen LogP contribution in [0.15, 0.2) is 36.7 Å². The van der Waals surface area contributed by atoms with E-state index >= 15 is 0 Å². The van der Waals surface area contributed by atoms with Gasteiger partial charge in [-0.05, 0) is 24.1 Å². The van der Waals surface area contributed by atoms with Crippen LogP contribution in [0.1, 0.15) is 17.2 Å². The first-order chi connectivity index (χ1) is 8.59. The monoisotopic (exact) mass is 265 g/mol. The Kier molecular flexibility index (Phi) is 3.79. The Bertz CT molecular complexity index is 560. The number of hydrogen-bond acceptors (Lipinski definition) is 3. The van der Waals surface area contributed by atoms with Crippen molar-refractivity contribution in [2.45, 2.75) is 12.5 Å². The number of benzene rings is 1. The Hall–Kier alpha value is -1.65. The van der Waals surface area contributed by atoms with Gasteiger partial charge in [-0.2, -0.15) is 0 Å². The average molecular weight is 266 g/mol. The maximum atomic E-state index is 13.7. The summed E-state index contributed by atoms with van der Waals surface area (Å²) >= 11 is 5.72. The molecule has 18 heavy (non-hydrogen) atoms. The first-order valence-corrected chi connectivity index (χ1v) is 5.85. The van der Waals surface area contributed by atoms with Gasteiger partial charge < -0.3 is 11.5 Å². The van der Waals surface area contributed by atoms with Gasteiger partial charge in [-0.25, -0.2) is 4.39 Å². The van der Waals surface area contributed by atoms with Crippen LogP contribution in [-0.4, -0.2) is 4.98 Å². The molecule has 1 heterocycles. The van der Waals surface area contributed by atoms with E-state index in [1.807, 2.05) is 0 Å². The summed E-state index contributed by atoms with van der Waals surface area (Å²) in [5.74, 6) is -0.433. The topological polar surface area (TPSA) is 64.9 Å². The third-order valence-electron chi connectivity index (χ3n) is 2.76. The number of pyridine rings is 1. The van der Waals surface area contributed by atoms with Gasteiger partial charge in [0.05, 0.1) is 5.02 Å². The van der Waals surface area contributed by atoms with Crippen LogP contribution in [0.5, 0.6) is 0 Å². The quantitative estimate of drug-likeness (QED) is 0.897. The zero-order valence-electron chi connectivity index (χ0n) is 9.61. The Morgan fingerprint density at radius 2 is 2.11 bits per heavy atom. The van der Waals surface area contributed by atoms with Crippen molar-refractivity contribution in [2.24, 2.45) is 5.73 Å². The largest absolute Gasteiger partial charge is 0.398 e. The summed E-state index contributed by atoms with van der Waals surface area (Å²) in [6.07, 6.45) is 3.51. The van der Waals surface area contributed by atoms with Crippen LogP contribution in [-0.2, 0) is 6.42 Å². The molecular formula is C13H13ClFN3. The second-order valence-corrected chi connectivity index (χ2v) is 4.44. The molecule has 0 fully saturated rings. The van der Waals surface area contributed by atoms with Gasteiger partial charge in [0.1, 0.15) is 5.82 Å². The van der Waals surface area contributed by atoms with E-state index in [9.17, 15) is 4.39 Å². The van der Waals surface area contributed by atoms with E-state index in [1.54, 1.807) is 30.6 Å². The van der Waals surface area contributed by atoms with Crippen molar-refractivity contribution < 1.29 is 4.39 Å². The van der Waals surface area contributed by atoms with Crippen LogP contribution in [0.2, 0.25) is 5.02 Å². The molecule has 0 saturated carbocycles. The Balaban J connectivity index is 2.24. The van der Waals surface area contributed by atoms with Crippen molar-refractivity contribution in [1.82, 2.24) is 4.98 Å². The number of aromatic nitrogens is 1. The molecule has 1 unspecified atom stereocenters. The molecule has 1 aromatic carbocycles. The Morgan fingerprint density at radius 1 is 1.33 bits per heavy atom. The van der Waals surface area contributed by atoms with Crippen LogP contribution in [0.4, 0.5) is 10.1 Å². The fraction of sp³-hybridized carbons (Fsp3) is 0.154. The van der Waals surface area contributed by atoms with Gasteiger partial charge >= 0.3 is 0 Å². The predicted octanol–water partition coefficient (Wildman–Crippen LogP) is 2.70. The van der Waals surface area contributed by atoms with E-state index in [0.29, 0.717) is 23.2 Å². The van der Waals surface area contributed by atoms with E-state index in [0.717, 1.165) is 0 Å². The number of nitrogen functional groups attached to an aromatic ring is 1. The number of nitrogens with two attached hydrogens (primary N) is 2. The molecule has 0 aliphatic rings. The molecule has 2 rings (SSSR count). The predicted molar refractivity (Wildman–Crippen MR) is 70.7 cm³/mol. The molecule has 0 saturated heterocycles. The highest BCUT2D eigenvalue weighted by Gasteiger charge is 2.14. The van der Waals surface area contributed by atoms with Crippen molar-refractivity contribution in [3.05, 3.63) is 58.6 Å². The van der Waals surface area contributed by atoms with E-state index in [2.05, 4.69) is 4.98 Å². The maximum Gasteiger partial charge on any atom is 0.145 e. The molecule has 5 heteroatoms. The molecule has 0 bridgehead atoms. The highest BCUT2D eigenvalue weighted by atomic mass is 35.5. The second kappa shape index (κ2) is 5.33. The lowest BCUT2D eigenvalue weighted by atomic mass is 9.99. The van der Waals surface area contributed by atoms with E-state index in [4.69, 9.17) is 23.1 Å². The number of anilines is 1. The van der Waals surface area contributed by atoms with Crippen molar-refractivity contribution in [3.8, 4) is 0 Å². The normalized spacial score (nSPS) is 12.4. The maximum absolute atomic E-state index is 13.7. The minimum absolute atomic E-state index is 0.0962. The van der Waals surface area contributed by atoms with Crippen molar-refractivity contribution in [1.29, 1.82) is 0 Å². The Morgan fingerprint density at radius 3 is 2.83 bits per heavy atom. The zero-order chi connectivity index (χ0) is 13.1. The number of halogens is 2. The smallest absolute Gasteiger partial charge is 0.145 e. The molecule has 0 spiro atoms. The lowest BCUT2D eigenvalue weighted by Gasteiger charge is -2.14. The van der Waals surface area contributed by atoms with Gasteiger partial charge in [-0.15, -0.1) is 0 Å². The van der Waals surface area contributed by atoms with Gasteiger partial charge in [0.25, 0.3) is 0 Å². The lowest BCUT2D eigenvalue weighted by molar-refractivity contribution is 0.593. The van der Waals surface area contributed by atoms with E-state index < -0.39 is 11.9 Å². The summed E-state index contributed by atoms with van der Waals surface area (Å²) in [7, 11) is 0. The summed E-state index contributed by atoms with van der Waals surface area (Å²) in [5.41, 5.74) is 13.6. The van der Waals surface area contributed by atoms with E-state index in [-0.39, 0.29) is 5.02 Å². The minimum Gasteiger partial charge on any atom is -0.398 e. The molecule has 1 aromatic heterocycles. The minimum atomic E-state index is -0.433. The highest BCUT2D eigenvalue weighted by Crippen LogP contribution is 2.24. The summed E-state index contributed by atoms with van der Waals surface area (Å²) in [5, 5.41) is 0.0962. The van der Waals surface area contributed by atoms with Gasteiger partial charge in [0.2, 0.25) is 0 Å². The lowest BCUT2D eigenvalue weighted by Crippen LogP contribution is -2.16. The first kappa shape index (κ1) is 12.8. The molecule has 0 amide bonds. The average Bonchev–Trinajstić information content (AvgIpc) is 2.35. The molecule has 4 N–H and O–H groups in total. The zero-order valence-corrected chi connectivity index (χ0v) is 10.4. The van der Waals surface area contributed by atoms with Crippen molar-refractivity contribution >= 4 is 17.3 Å². The summed E-state index contributed by atoms with van der Waals surface area (Å²) < 4.78 is 13.7. The molecule has 94 valence electrons. The van der Waals surface area contributed by atoms with Gasteiger partial charge in [0, 0.05) is 29.7 Å². The van der Waals surface area contributed by atoms with Crippen LogP contribution in [0, 0.1) is 5.82 Å². The van der Waals surface area contributed by atoms with Crippen LogP contribution >= 0.6 is 11.6 Å². The summed E-state index contributed by atoms with van der Waals surface area (Å²) in [6.45, 7) is 0.